The van der Waals surface area contributed by atoms with Gasteiger partial charge >= 0.3 is 5.69 Å². The van der Waals surface area contributed by atoms with Gasteiger partial charge in [-0.15, -0.1) is 0 Å². The Morgan fingerprint density at radius 1 is 1.50 bits per heavy atom. The number of hydrogen-bond donors (Lipinski definition) is 1. The van der Waals surface area contributed by atoms with Gasteiger partial charge < -0.3 is 5.73 Å². The van der Waals surface area contributed by atoms with E-state index in [9.17, 15) is 14.9 Å². The van der Waals surface area contributed by atoms with E-state index < -0.39 is 10.8 Å². The standard InChI is InChI=1S/C9H6ClN5O3/c10-7-1-5(8(11)16)2-12-9(7)14-4-6(3-13-14)15(17)18/h1-4H,(H2,11,16). The van der Waals surface area contributed by atoms with Gasteiger partial charge in [-0.1, -0.05) is 11.6 Å². The van der Waals surface area contributed by atoms with Crippen LogP contribution in [0.1, 0.15) is 10.4 Å². The summed E-state index contributed by atoms with van der Waals surface area (Å²) >= 11 is 5.90. The molecule has 0 unspecified atom stereocenters. The van der Waals surface area contributed by atoms with Crippen LogP contribution in [0.4, 0.5) is 5.69 Å². The van der Waals surface area contributed by atoms with Gasteiger partial charge in [-0.2, -0.15) is 5.10 Å². The summed E-state index contributed by atoms with van der Waals surface area (Å²) in [4.78, 5) is 24.7. The molecular formula is C9H6ClN5O3. The van der Waals surface area contributed by atoms with Crippen molar-refractivity contribution >= 4 is 23.2 Å². The van der Waals surface area contributed by atoms with E-state index in [0.717, 1.165) is 17.1 Å². The number of halogens is 1. The number of amides is 1. The molecule has 2 aromatic rings. The molecule has 0 atom stereocenters. The molecule has 2 heterocycles. The molecule has 0 saturated heterocycles. The molecule has 8 nitrogen and oxygen atoms in total. The third-order valence-corrected chi connectivity index (χ3v) is 2.38. The summed E-state index contributed by atoms with van der Waals surface area (Å²) < 4.78 is 1.14. The quantitative estimate of drug-likeness (QED) is 0.655. The average molecular weight is 268 g/mol. The van der Waals surface area contributed by atoms with Gasteiger partial charge in [0, 0.05) is 6.20 Å². The molecule has 0 aliphatic carbocycles. The lowest BCUT2D eigenvalue weighted by atomic mass is 10.3. The Kier molecular flexibility index (Phi) is 2.94. The zero-order valence-electron chi connectivity index (χ0n) is 8.78. The van der Waals surface area contributed by atoms with Crippen molar-refractivity contribution in [3.05, 3.63) is 45.4 Å². The monoisotopic (exact) mass is 267 g/mol. The molecular weight excluding hydrogens is 262 g/mol. The van der Waals surface area contributed by atoms with Gasteiger partial charge in [-0.25, -0.2) is 9.67 Å². The number of pyridine rings is 1. The number of primary amides is 1. The fourth-order valence-corrected chi connectivity index (χ4v) is 1.51. The normalized spacial score (nSPS) is 10.3. The molecule has 2 aromatic heterocycles. The van der Waals surface area contributed by atoms with Gasteiger partial charge in [0.1, 0.15) is 12.4 Å². The van der Waals surface area contributed by atoms with Crippen LogP contribution in [0.15, 0.2) is 24.7 Å². The van der Waals surface area contributed by atoms with Crippen molar-refractivity contribution in [1.82, 2.24) is 14.8 Å². The van der Waals surface area contributed by atoms with Crippen LogP contribution >= 0.6 is 11.6 Å². The maximum Gasteiger partial charge on any atom is 0.307 e. The molecule has 0 radical (unpaired) electrons. The molecule has 0 spiro atoms. The van der Waals surface area contributed by atoms with E-state index in [4.69, 9.17) is 17.3 Å². The summed E-state index contributed by atoms with van der Waals surface area (Å²) in [6.07, 6.45) is 3.45. The highest BCUT2D eigenvalue weighted by molar-refractivity contribution is 6.32. The van der Waals surface area contributed by atoms with E-state index in [1.165, 1.54) is 12.3 Å². The first-order chi connectivity index (χ1) is 8.49. The van der Waals surface area contributed by atoms with E-state index in [1.807, 2.05) is 0 Å². The van der Waals surface area contributed by atoms with Crippen molar-refractivity contribution in [3.63, 3.8) is 0 Å². The smallest absolute Gasteiger partial charge is 0.307 e. The van der Waals surface area contributed by atoms with Crippen molar-refractivity contribution in [1.29, 1.82) is 0 Å². The molecule has 2 N–H and O–H groups in total. The lowest BCUT2D eigenvalue weighted by molar-refractivity contribution is -0.384. The third-order valence-electron chi connectivity index (χ3n) is 2.10. The first-order valence-electron chi connectivity index (χ1n) is 4.64. The molecule has 9 heteroatoms. The maximum atomic E-state index is 10.9. The highest BCUT2D eigenvalue weighted by atomic mass is 35.5. The number of nitrogens with two attached hydrogens (primary N) is 1. The Labute approximate surface area is 105 Å². The largest absolute Gasteiger partial charge is 0.366 e. The van der Waals surface area contributed by atoms with Gasteiger partial charge in [-0.05, 0) is 6.07 Å². The van der Waals surface area contributed by atoms with Crippen molar-refractivity contribution in [2.24, 2.45) is 5.73 Å². The van der Waals surface area contributed by atoms with Gasteiger partial charge in [0.25, 0.3) is 0 Å². The van der Waals surface area contributed by atoms with Crippen LogP contribution in [-0.2, 0) is 0 Å². The summed E-state index contributed by atoms with van der Waals surface area (Å²) in [5.41, 5.74) is 5.02. The Morgan fingerprint density at radius 3 is 2.72 bits per heavy atom. The average Bonchev–Trinajstić information content (AvgIpc) is 2.78. The molecule has 0 fully saturated rings. The molecule has 1 amide bonds. The Bertz CT molecular complexity index is 639. The molecule has 18 heavy (non-hydrogen) atoms. The fraction of sp³-hybridized carbons (Fsp3) is 0. The van der Waals surface area contributed by atoms with E-state index in [-0.39, 0.29) is 22.1 Å². The number of hydrogen-bond acceptors (Lipinski definition) is 5. The van der Waals surface area contributed by atoms with Crippen LogP contribution in [0.5, 0.6) is 0 Å². The highest BCUT2D eigenvalue weighted by Gasteiger charge is 2.14. The Balaban J connectivity index is 2.44. The van der Waals surface area contributed by atoms with Crippen molar-refractivity contribution in [2.75, 3.05) is 0 Å². The molecule has 0 saturated carbocycles. The first-order valence-corrected chi connectivity index (χ1v) is 5.01. The maximum absolute atomic E-state index is 10.9. The number of carbonyl (C=O) groups is 1. The van der Waals surface area contributed by atoms with E-state index in [1.54, 1.807) is 0 Å². The van der Waals surface area contributed by atoms with Crippen molar-refractivity contribution in [3.8, 4) is 5.82 Å². The van der Waals surface area contributed by atoms with Crippen LogP contribution < -0.4 is 5.73 Å². The number of carbonyl (C=O) groups excluding carboxylic acids is 1. The molecule has 0 aromatic carbocycles. The van der Waals surface area contributed by atoms with E-state index >= 15 is 0 Å². The van der Waals surface area contributed by atoms with Crippen LogP contribution in [-0.4, -0.2) is 25.6 Å². The van der Waals surface area contributed by atoms with Crippen molar-refractivity contribution < 1.29 is 9.72 Å². The fourth-order valence-electron chi connectivity index (χ4n) is 1.26. The zero-order valence-corrected chi connectivity index (χ0v) is 9.53. The van der Waals surface area contributed by atoms with E-state index in [0.29, 0.717) is 0 Å². The second-order valence-electron chi connectivity index (χ2n) is 3.29. The summed E-state index contributed by atoms with van der Waals surface area (Å²) in [7, 11) is 0. The van der Waals surface area contributed by atoms with Crippen LogP contribution in [0, 0.1) is 10.1 Å². The van der Waals surface area contributed by atoms with Crippen LogP contribution in [0.2, 0.25) is 5.02 Å². The van der Waals surface area contributed by atoms with Gasteiger partial charge in [-0.3, -0.25) is 14.9 Å². The molecule has 0 aliphatic rings. The Morgan fingerprint density at radius 2 is 2.22 bits per heavy atom. The van der Waals surface area contributed by atoms with Gasteiger partial charge in [0.2, 0.25) is 5.91 Å². The van der Waals surface area contributed by atoms with Crippen LogP contribution in [0.25, 0.3) is 5.82 Å². The van der Waals surface area contributed by atoms with Crippen LogP contribution in [0.3, 0.4) is 0 Å². The minimum atomic E-state index is -0.664. The number of nitrogens with zero attached hydrogens (tertiary/aromatic N) is 4. The first kappa shape index (κ1) is 12.0. The second kappa shape index (κ2) is 4.41. The molecule has 2 rings (SSSR count). The summed E-state index contributed by atoms with van der Waals surface area (Å²) in [5, 5.41) is 14.4. The predicted molar refractivity (Wildman–Crippen MR) is 61.5 cm³/mol. The number of rotatable bonds is 3. The number of nitro groups is 1. The lowest BCUT2D eigenvalue weighted by Gasteiger charge is -2.03. The van der Waals surface area contributed by atoms with Gasteiger partial charge in [0.05, 0.1) is 15.5 Å². The van der Waals surface area contributed by atoms with Gasteiger partial charge in [0.15, 0.2) is 5.82 Å². The second-order valence-corrected chi connectivity index (χ2v) is 3.70. The highest BCUT2D eigenvalue weighted by Crippen LogP contribution is 2.20. The SMILES string of the molecule is NC(=O)c1cnc(-n2cc([N+](=O)[O-])cn2)c(Cl)c1. The number of aromatic nitrogens is 3. The van der Waals surface area contributed by atoms with Crippen molar-refractivity contribution in [2.45, 2.75) is 0 Å². The zero-order chi connectivity index (χ0) is 13.3. The Hall–Kier alpha value is -2.48. The lowest BCUT2D eigenvalue weighted by Crippen LogP contribution is -2.12. The topological polar surface area (TPSA) is 117 Å². The van der Waals surface area contributed by atoms with E-state index in [2.05, 4.69) is 10.1 Å². The minimum Gasteiger partial charge on any atom is -0.366 e. The summed E-state index contributed by atoms with van der Waals surface area (Å²) in [5.74, 6) is -0.489. The summed E-state index contributed by atoms with van der Waals surface area (Å²) in [6.45, 7) is 0. The molecule has 92 valence electrons. The predicted octanol–water partition coefficient (Wildman–Crippen LogP) is 0.928. The summed E-state index contributed by atoms with van der Waals surface area (Å²) in [6, 6.07) is 1.32. The molecule has 0 aliphatic heterocycles. The third kappa shape index (κ3) is 2.13. The minimum absolute atomic E-state index is 0.115. The molecule has 0 bridgehead atoms.